The number of hydrogen-bond acceptors (Lipinski definition) is 5. The first-order chi connectivity index (χ1) is 13.6. The van der Waals surface area contributed by atoms with E-state index in [1.807, 2.05) is 19.1 Å². The molecule has 0 radical (unpaired) electrons. The van der Waals surface area contributed by atoms with Gasteiger partial charge in [0.2, 0.25) is 5.88 Å². The van der Waals surface area contributed by atoms with Crippen LogP contribution < -0.4 is 20.1 Å². The average molecular weight is 407 g/mol. The Hall–Kier alpha value is -2.51. The largest absolute Gasteiger partial charge is 0.491 e. The number of pyridine rings is 1. The van der Waals surface area contributed by atoms with Crippen LogP contribution in [0.4, 0.5) is 0 Å². The minimum absolute atomic E-state index is 0.410. The van der Waals surface area contributed by atoms with Gasteiger partial charge in [-0.2, -0.15) is 0 Å². The van der Waals surface area contributed by atoms with Crippen molar-refractivity contribution in [1.29, 1.82) is 0 Å². The third-order valence-corrected chi connectivity index (χ3v) is 4.08. The van der Waals surface area contributed by atoms with Crippen LogP contribution in [0.1, 0.15) is 11.1 Å². The third kappa shape index (κ3) is 7.25. The summed E-state index contributed by atoms with van der Waals surface area (Å²) in [4.78, 5) is 8.31. The van der Waals surface area contributed by atoms with Gasteiger partial charge in [-0.15, -0.1) is 0 Å². The van der Waals surface area contributed by atoms with Crippen molar-refractivity contribution in [2.75, 3.05) is 40.5 Å². The Morgan fingerprint density at radius 1 is 1.14 bits per heavy atom. The molecule has 0 unspecified atom stereocenters. The Balaban J connectivity index is 1.81. The van der Waals surface area contributed by atoms with Crippen LogP contribution in [-0.4, -0.2) is 51.5 Å². The van der Waals surface area contributed by atoms with Gasteiger partial charge in [-0.1, -0.05) is 23.7 Å². The number of aliphatic imine (C=N–C) groups is 1. The summed E-state index contributed by atoms with van der Waals surface area (Å²) in [5.74, 6) is 1.93. The van der Waals surface area contributed by atoms with E-state index in [4.69, 9.17) is 25.8 Å². The Morgan fingerprint density at radius 3 is 2.75 bits per heavy atom. The van der Waals surface area contributed by atoms with Gasteiger partial charge in [-0.25, -0.2) is 4.98 Å². The Labute approximate surface area is 171 Å². The first-order valence-corrected chi connectivity index (χ1v) is 9.41. The van der Waals surface area contributed by atoms with Crippen LogP contribution >= 0.6 is 11.6 Å². The van der Waals surface area contributed by atoms with E-state index in [1.165, 1.54) is 0 Å². The zero-order valence-corrected chi connectivity index (χ0v) is 17.3. The number of nitrogens with one attached hydrogen (secondary N) is 2. The van der Waals surface area contributed by atoms with Crippen molar-refractivity contribution in [2.45, 2.75) is 13.5 Å². The Kier molecular flexibility index (Phi) is 9.37. The predicted molar refractivity (Wildman–Crippen MR) is 111 cm³/mol. The van der Waals surface area contributed by atoms with Crippen molar-refractivity contribution in [1.82, 2.24) is 15.6 Å². The molecule has 1 aromatic carbocycles. The van der Waals surface area contributed by atoms with Crippen molar-refractivity contribution in [3.63, 3.8) is 0 Å². The molecule has 28 heavy (non-hydrogen) atoms. The molecule has 2 rings (SSSR count). The molecule has 1 aromatic heterocycles. The molecule has 2 aromatic rings. The van der Waals surface area contributed by atoms with Gasteiger partial charge in [0.15, 0.2) is 5.96 Å². The van der Waals surface area contributed by atoms with Crippen molar-refractivity contribution in [3.05, 3.63) is 52.7 Å². The summed E-state index contributed by atoms with van der Waals surface area (Å²) >= 11 is 6.02. The second kappa shape index (κ2) is 12.0. The maximum Gasteiger partial charge on any atom is 0.232 e. The van der Waals surface area contributed by atoms with Gasteiger partial charge in [-0.05, 0) is 30.7 Å². The van der Waals surface area contributed by atoms with Crippen LogP contribution in [0.5, 0.6) is 11.6 Å². The van der Waals surface area contributed by atoms with E-state index in [0.29, 0.717) is 49.8 Å². The number of halogens is 1. The first-order valence-electron chi connectivity index (χ1n) is 9.03. The third-order valence-electron chi connectivity index (χ3n) is 3.80. The van der Waals surface area contributed by atoms with Crippen LogP contribution in [0.3, 0.4) is 0 Å². The number of ether oxygens (including phenoxy) is 3. The van der Waals surface area contributed by atoms with E-state index in [9.17, 15) is 0 Å². The van der Waals surface area contributed by atoms with Crippen LogP contribution in [0.25, 0.3) is 0 Å². The average Bonchev–Trinajstić information content (AvgIpc) is 2.70. The SMILES string of the molecule is CN=C(NCCOc1ncccc1Cl)NCc1ccc(C)cc1OCCOC. The Morgan fingerprint density at radius 2 is 2.00 bits per heavy atom. The number of methoxy groups -OCH3 is 1. The molecule has 0 fully saturated rings. The van der Waals surface area contributed by atoms with Gasteiger partial charge in [0, 0.05) is 32.5 Å². The highest BCUT2D eigenvalue weighted by atomic mass is 35.5. The number of aryl methyl sites for hydroxylation is 1. The molecule has 0 atom stereocenters. The highest BCUT2D eigenvalue weighted by molar-refractivity contribution is 6.31. The van der Waals surface area contributed by atoms with Gasteiger partial charge >= 0.3 is 0 Å². The topological polar surface area (TPSA) is 77.0 Å². The summed E-state index contributed by atoms with van der Waals surface area (Å²) < 4.78 is 16.4. The number of aromatic nitrogens is 1. The molecule has 0 amide bonds. The molecule has 0 spiro atoms. The van der Waals surface area contributed by atoms with Gasteiger partial charge in [0.05, 0.1) is 13.2 Å². The molecule has 1 heterocycles. The van der Waals surface area contributed by atoms with E-state index in [2.05, 4.69) is 26.7 Å². The van der Waals surface area contributed by atoms with E-state index < -0.39 is 0 Å². The van der Waals surface area contributed by atoms with E-state index in [1.54, 1.807) is 32.5 Å². The lowest BCUT2D eigenvalue weighted by Crippen LogP contribution is -2.39. The molecule has 7 nitrogen and oxygen atoms in total. The maximum atomic E-state index is 6.02. The first kappa shape index (κ1) is 21.8. The number of rotatable bonds is 10. The predicted octanol–water partition coefficient (Wildman–Crippen LogP) is 2.81. The van der Waals surface area contributed by atoms with E-state index in [0.717, 1.165) is 16.9 Å². The number of benzene rings is 1. The monoisotopic (exact) mass is 406 g/mol. The van der Waals surface area contributed by atoms with Crippen LogP contribution in [-0.2, 0) is 11.3 Å². The molecule has 0 aliphatic rings. The maximum absolute atomic E-state index is 6.02. The molecule has 8 heteroatoms. The quantitative estimate of drug-likeness (QED) is 0.359. The molecule has 0 bridgehead atoms. The smallest absolute Gasteiger partial charge is 0.232 e. The summed E-state index contributed by atoms with van der Waals surface area (Å²) in [7, 11) is 3.38. The molecular formula is C20H27ClN4O3. The van der Waals surface area contributed by atoms with Crippen molar-refractivity contribution in [3.8, 4) is 11.6 Å². The molecule has 0 aliphatic heterocycles. The fraction of sp³-hybridized carbons (Fsp3) is 0.400. The number of guanidine groups is 1. The van der Waals surface area contributed by atoms with Gasteiger partial charge in [-0.3, -0.25) is 4.99 Å². The molecule has 2 N–H and O–H groups in total. The minimum atomic E-state index is 0.410. The van der Waals surface area contributed by atoms with Gasteiger partial charge in [0.1, 0.15) is 24.0 Å². The highest BCUT2D eigenvalue weighted by Gasteiger charge is 2.06. The summed E-state index contributed by atoms with van der Waals surface area (Å²) in [6, 6.07) is 9.63. The van der Waals surface area contributed by atoms with E-state index in [-0.39, 0.29) is 0 Å². The highest BCUT2D eigenvalue weighted by Crippen LogP contribution is 2.20. The van der Waals surface area contributed by atoms with Crippen molar-refractivity contribution >= 4 is 17.6 Å². The van der Waals surface area contributed by atoms with Gasteiger partial charge in [0.25, 0.3) is 0 Å². The summed E-state index contributed by atoms with van der Waals surface area (Å²) in [6.07, 6.45) is 1.64. The molecule has 0 aliphatic carbocycles. The van der Waals surface area contributed by atoms with Crippen molar-refractivity contribution < 1.29 is 14.2 Å². The summed E-state index contributed by atoms with van der Waals surface area (Å²) in [5.41, 5.74) is 2.19. The second-order valence-electron chi connectivity index (χ2n) is 5.94. The lowest BCUT2D eigenvalue weighted by Gasteiger charge is -2.15. The summed E-state index contributed by atoms with van der Waals surface area (Å²) in [5, 5.41) is 6.96. The minimum Gasteiger partial charge on any atom is -0.491 e. The van der Waals surface area contributed by atoms with Crippen LogP contribution in [0, 0.1) is 6.92 Å². The molecule has 0 saturated heterocycles. The zero-order chi connectivity index (χ0) is 20.2. The second-order valence-corrected chi connectivity index (χ2v) is 6.35. The van der Waals surface area contributed by atoms with Crippen molar-refractivity contribution in [2.24, 2.45) is 4.99 Å². The zero-order valence-electron chi connectivity index (χ0n) is 16.5. The molecule has 0 saturated carbocycles. The number of hydrogen-bond donors (Lipinski definition) is 2. The fourth-order valence-corrected chi connectivity index (χ4v) is 2.55. The fourth-order valence-electron chi connectivity index (χ4n) is 2.37. The lowest BCUT2D eigenvalue weighted by atomic mass is 10.1. The molecule has 152 valence electrons. The standard InChI is InChI=1S/C20H27ClN4O3/c1-15-6-7-16(18(13-15)27-12-11-26-3)14-25-20(22-2)24-9-10-28-19-17(21)5-4-8-23-19/h4-8,13H,9-12,14H2,1-3H3,(H2,22,24,25). The van der Waals surface area contributed by atoms with Gasteiger partial charge < -0.3 is 24.8 Å². The molecular weight excluding hydrogens is 380 g/mol. The van der Waals surface area contributed by atoms with Crippen LogP contribution in [0.2, 0.25) is 5.02 Å². The normalized spacial score (nSPS) is 11.2. The summed E-state index contributed by atoms with van der Waals surface area (Å²) in [6.45, 7) is 4.63. The van der Waals surface area contributed by atoms with Crippen LogP contribution in [0.15, 0.2) is 41.5 Å². The number of nitrogens with zero attached hydrogens (tertiary/aromatic N) is 2. The Bertz CT molecular complexity index is 771. The van der Waals surface area contributed by atoms with E-state index >= 15 is 0 Å². The lowest BCUT2D eigenvalue weighted by molar-refractivity contribution is 0.145.